The summed E-state index contributed by atoms with van der Waals surface area (Å²) in [6.07, 6.45) is 0.601. The van der Waals surface area contributed by atoms with Crippen LogP contribution in [0.2, 0.25) is 0 Å². The summed E-state index contributed by atoms with van der Waals surface area (Å²) < 4.78 is 35.3. The highest BCUT2D eigenvalue weighted by atomic mass is 32.2. The lowest BCUT2D eigenvalue weighted by Gasteiger charge is -2.07. The molecule has 0 aliphatic rings. The van der Waals surface area contributed by atoms with Gasteiger partial charge in [-0.25, -0.2) is 12.7 Å². The van der Waals surface area contributed by atoms with Gasteiger partial charge in [0.2, 0.25) is 5.09 Å². The van der Waals surface area contributed by atoms with E-state index in [2.05, 4.69) is 15.5 Å². The van der Waals surface area contributed by atoms with Crippen LogP contribution in [0.25, 0.3) is 11.7 Å². The Morgan fingerprint density at radius 3 is 2.71 bits per heavy atom. The normalized spacial score (nSPS) is 13.8. The lowest BCUT2D eigenvalue weighted by molar-refractivity contribution is 0.388. The molecule has 0 aliphatic heterocycles. The fourth-order valence-electron chi connectivity index (χ4n) is 1.57. The Morgan fingerprint density at radius 2 is 2.10 bits per heavy atom. The first-order chi connectivity index (χ1) is 9.84. The summed E-state index contributed by atoms with van der Waals surface area (Å²) in [5.41, 5.74) is 0. The number of hydrogen-bond donors (Lipinski definition) is 1. The highest BCUT2D eigenvalue weighted by Crippen LogP contribution is 2.24. The topological polar surface area (TPSA) is 101 Å². The van der Waals surface area contributed by atoms with Crippen molar-refractivity contribution < 1.29 is 17.4 Å². The van der Waals surface area contributed by atoms with E-state index < -0.39 is 10.0 Å². The van der Waals surface area contributed by atoms with Gasteiger partial charge in [-0.3, -0.25) is 0 Å². The zero-order valence-corrected chi connectivity index (χ0v) is 13.1. The molecule has 0 bridgehead atoms. The summed E-state index contributed by atoms with van der Waals surface area (Å²) in [5, 5.41) is 6.75. The number of aromatic nitrogens is 2. The van der Waals surface area contributed by atoms with Crippen molar-refractivity contribution in [3.63, 3.8) is 0 Å². The fourth-order valence-corrected chi connectivity index (χ4v) is 2.36. The molecule has 2 aromatic rings. The summed E-state index contributed by atoms with van der Waals surface area (Å²) in [5.74, 6) is 0.917. The number of nitrogens with one attached hydrogen (secondary N) is 1. The summed E-state index contributed by atoms with van der Waals surface area (Å²) in [4.78, 5) is 4.19. The second-order valence-corrected chi connectivity index (χ2v) is 6.90. The van der Waals surface area contributed by atoms with E-state index in [-0.39, 0.29) is 22.8 Å². The third-order valence-electron chi connectivity index (χ3n) is 2.98. The molecule has 9 heteroatoms. The van der Waals surface area contributed by atoms with Crippen molar-refractivity contribution in [2.75, 3.05) is 21.1 Å². The second kappa shape index (κ2) is 5.96. The highest BCUT2D eigenvalue weighted by molar-refractivity contribution is 7.88. The summed E-state index contributed by atoms with van der Waals surface area (Å²) >= 11 is 0. The molecule has 2 heterocycles. The fraction of sp³-hybridized carbons (Fsp3) is 0.500. The Labute approximate surface area is 123 Å². The molecule has 1 N–H and O–H groups in total. The molecule has 0 saturated heterocycles. The van der Waals surface area contributed by atoms with Crippen molar-refractivity contribution in [3.05, 3.63) is 18.0 Å². The van der Waals surface area contributed by atoms with Gasteiger partial charge in [0.25, 0.3) is 15.9 Å². The molecule has 0 amide bonds. The average Bonchev–Trinajstić information content (AvgIpc) is 3.06. The van der Waals surface area contributed by atoms with Crippen molar-refractivity contribution in [1.29, 1.82) is 0 Å². The number of furan rings is 1. The smallest absolute Gasteiger partial charge is 0.293 e. The van der Waals surface area contributed by atoms with Gasteiger partial charge in [0, 0.05) is 26.6 Å². The Balaban J connectivity index is 2.23. The first-order valence-electron chi connectivity index (χ1n) is 6.37. The largest absolute Gasteiger partial charge is 0.438 e. The molecule has 8 nitrogen and oxygen atoms in total. The van der Waals surface area contributed by atoms with Gasteiger partial charge in [-0.2, -0.15) is 4.98 Å². The van der Waals surface area contributed by atoms with Crippen molar-refractivity contribution in [2.24, 2.45) is 0 Å². The van der Waals surface area contributed by atoms with E-state index in [0.717, 1.165) is 4.31 Å². The maximum absolute atomic E-state index is 11.9. The maximum atomic E-state index is 11.9. The Hall–Kier alpha value is -1.71. The Kier molecular flexibility index (Phi) is 4.45. The van der Waals surface area contributed by atoms with Crippen LogP contribution >= 0.6 is 0 Å². The van der Waals surface area contributed by atoms with Gasteiger partial charge in [-0.05, 0) is 26.1 Å². The second-order valence-electron chi connectivity index (χ2n) is 4.82. The summed E-state index contributed by atoms with van der Waals surface area (Å²) in [6, 6.07) is 3.07. The first-order valence-corrected chi connectivity index (χ1v) is 7.81. The van der Waals surface area contributed by atoms with Crippen molar-refractivity contribution >= 4 is 10.0 Å². The van der Waals surface area contributed by atoms with Gasteiger partial charge in [0.1, 0.15) is 0 Å². The standard InChI is InChI=1S/C12H18N4O4S/c1-8(13-2)7-10-14-12(20-15-10)9-5-6-11(19-9)21(17,18)16(3)4/h5-6,8,13H,7H2,1-4H3. The molecule has 2 aromatic heterocycles. The number of nitrogens with zero attached hydrogens (tertiary/aromatic N) is 3. The van der Waals surface area contributed by atoms with Gasteiger partial charge in [-0.15, -0.1) is 0 Å². The van der Waals surface area contributed by atoms with E-state index >= 15 is 0 Å². The SMILES string of the molecule is CNC(C)Cc1noc(-c2ccc(S(=O)(=O)N(C)C)o2)n1. The molecule has 0 fully saturated rings. The molecule has 21 heavy (non-hydrogen) atoms. The maximum Gasteiger partial charge on any atom is 0.293 e. The zero-order chi connectivity index (χ0) is 15.6. The van der Waals surface area contributed by atoms with Gasteiger partial charge < -0.3 is 14.3 Å². The summed E-state index contributed by atoms with van der Waals surface area (Å²) in [6.45, 7) is 1.99. The predicted molar refractivity (Wildman–Crippen MR) is 75.1 cm³/mol. The zero-order valence-electron chi connectivity index (χ0n) is 12.3. The predicted octanol–water partition coefficient (Wildman–Crippen LogP) is 0.730. The molecule has 1 atom stereocenters. The van der Waals surface area contributed by atoms with E-state index in [1.807, 2.05) is 14.0 Å². The Morgan fingerprint density at radius 1 is 1.38 bits per heavy atom. The molecule has 0 aliphatic carbocycles. The molecule has 0 radical (unpaired) electrons. The minimum Gasteiger partial charge on any atom is -0.438 e. The van der Waals surface area contributed by atoms with Crippen LogP contribution in [0.1, 0.15) is 12.7 Å². The summed E-state index contributed by atoms with van der Waals surface area (Å²) in [7, 11) is 1.09. The monoisotopic (exact) mass is 314 g/mol. The molecule has 116 valence electrons. The highest BCUT2D eigenvalue weighted by Gasteiger charge is 2.23. The number of sulfonamides is 1. The number of hydrogen-bond acceptors (Lipinski definition) is 7. The quantitative estimate of drug-likeness (QED) is 0.838. The van der Waals surface area contributed by atoms with Crippen LogP contribution in [0.15, 0.2) is 26.2 Å². The van der Waals surface area contributed by atoms with Crippen LogP contribution in [0.3, 0.4) is 0 Å². The van der Waals surface area contributed by atoms with Crippen molar-refractivity contribution in [3.8, 4) is 11.7 Å². The minimum atomic E-state index is -3.61. The third kappa shape index (κ3) is 3.31. The molecule has 0 spiro atoms. The lowest BCUT2D eigenvalue weighted by Crippen LogP contribution is -2.24. The van der Waals surface area contributed by atoms with E-state index in [0.29, 0.717) is 12.2 Å². The number of rotatable bonds is 6. The molecule has 0 aromatic carbocycles. The van der Waals surface area contributed by atoms with Crippen molar-refractivity contribution in [1.82, 2.24) is 19.8 Å². The molecular formula is C12H18N4O4S. The van der Waals surface area contributed by atoms with Gasteiger partial charge in [-0.1, -0.05) is 5.16 Å². The van der Waals surface area contributed by atoms with Crippen molar-refractivity contribution in [2.45, 2.75) is 24.5 Å². The molecule has 2 rings (SSSR count). The van der Waals surface area contributed by atoms with Crippen LogP contribution in [0, 0.1) is 0 Å². The molecule has 1 unspecified atom stereocenters. The van der Waals surface area contributed by atoms with Gasteiger partial charge in [0.15, 0.2) is 11.6 Å². The molecule has 0 saturated carbocycles. The van der Waals surface area contributed by atoms with Crippen LogP contribution in [0.5, 0.6) is 0 Å². The van der Waals surface area contributed by atoms with Gasteiger partial charge in [0.05, 0.1) is 0 Å². The van der Waals surface area contributed by atoms with E-state index in [1.165, 1.54) is 26.2 Å². The Bertz CT molecular complexity index is 704. The first kappa shape index (κ1) is 15.7. The van der Waals surface area contributed by atoms with E-state index in [4.69, 9.17) is 8.94 Å². The lowest BCUT2D eigenvalue weighted by atomic mass is 10.2. The van der Waals surface area contributed by atoms with Crippen LogP contribution < -0.4 is 5.32 Å². The van der Waals surface area contributed by atoms with Crippen LogP contribution in [-0.4, -0.2) is 50.0 Å². The number of likely N-dealkylation sites (N-methyl/N-ethyl adjacent to an activating group) is 1. The third-order valence-corrected chi connectivity index (χ3v) is 4.67. The van der Waals surface area contributed by atoms with E-state index in [9.17, 15) is 8.42 Å². The average molecular weight is 314 g/mol. The van der Waals surface area contributed by atoms with Gasteiger partial charge >= 0.3 is 0 Å². The van der Waals surface area contributed by atoms with E-state index in [1.54, 1.807) is 0 Å². The molecular weight excluding hydrogens is 296 g/mol. The minimum absolute atomic E-state index is 0.161. The van der Waals surface area contributed by atoms with Crippen LogP contribution in [0.4, 0.5) is 0 Å². The van der Waals surface area contributed by atoms with Crippen LogP contribution in [-0.2, 0) is 16.4 Å².